The largest absolute Gasteiger partial charge is 0.401 e. The summed E-state index contributed by atoms with van der Waals surface area (Å²) < 4.78 is 53.3. The second-order valence-corrected chi connectivity index (χ2v) is 10.7. The maximum Gasteiger partial charge on any atom is 0.401 e. The molecule has 0 bridgehead atoms. The van der Waals surface area contributed by atoms with Crippen molar-refractivity contribution in [3.63, 3.8) is 0 Å². The number of hydrogen-bond acceptors (Lipinski definition) is 4. The third-order valence-electron chi connectivity index (χ3n) is 6.50. The number of aliphatic hydroxyl groups excluding tert-OH is 1. The zero-order chi connectivity index (χ0) is 27.5. The van der Waals surface area contributed by atoms with E-state index in [4.69, 9.17) is 0 Å². The molecule has 2 aliphatic rings. The molecule has 2 aliphatic carbocycles. The Balaban J connectivity index is 0.000000717. The van der Waals surface area contributed by atoms with Gasteiger partial charge in [0, 0.05) is 31.2 Å². The van der Waals surface area contributed by atoms with Crippen LogP contribution in [0.15, 0.2) is 61.0 Å². The molecule has 1 saturated carbocycles. The molecule has 0 saturated heterocycles. The van der Waals surface area contributed by atoms with Gasteiger partial charge in [0.25, 0.3) is 0 Å². The molecule has 37 heavy (non-hydrogen) atoms. The van der Waals surface area contributed by atoms with E-state index in [0.29, 0.717) is 12.1 Å². The molecule has 3 N–H and O–H groups in total. The van der Waals surface area contributed by atoms with Crippen LogP contribution in [0.1, 0.15) is 50.3 Å². The van der Waals surface area contributed by atoms with Crippen molar-refractivity contribution in [2.45, 2.75) is 57.7 Å². The second-order valence-electron chi connectivity index (χ2n) is 9.26. The SMILES string of the molecule is C/C=C\C=C(/NC)C(O)CN(C[C@@]12CCCC1=Cc1[nH]ncc1C2)S(=O)CC(F)(F)F.C=CCCC=C. The van der Waals surface area contributed by atoms with E-state index in [2.05, 4.69) is 28.7 Å². The Hall–Kier alpha value is -2.43. The summed E-state index contributed by atoms with van der Waals surface area (Å²) in [6.07, 6.45) is 12.4. The quantitative estimate of drug-likeness (QED) is 0.193. The summed E-state index contributed by atoms with van der Waals surface area (Å²) in [6.45, 7) is 8.94. The average Bonchev–Trinajstić information content (AvgIpc) is 3.46. The van der Waals surface area contributed by atoms with E-state index >= 15 is 0 Å². The van der Waals surface area contributed by atoms with Crippen molar-refractivity contribution >= 4 is 17.1 Å². The van der Waals surface area contributed by atoms with Crippen LogP contribution < -0.4 is 5.32 Å². The van der Waals surface area contributed by atoms with Crippen molar-refractivity contribution in [3.8, 4) is 0 Å². The number of halogens is 3. The van der Waals surface area contributed by atoms with E-state index in [9.17, 15) is 22.5 Å². The van der Waals surface area contributed by atoms with Crippen molar-refractivity contribution in [2.24, 2.45) is 5.41 Å². The monoisotopic (exact) mass is 540 g/mol. The summed E-state index contributed by atoms with van der Waals surface area (Å²) in [6, 6.07) is 0. The van der Waals surface area contributed by atoms with Gasteiger partial charge in [-0.05, 0) is 63.2 Å². The number of alkyl halides is 3. The molecule has 1 aromatic rings. The van der Waals surface area contributed by atoms with Gasteiger partial charge in [-0.1, -0.05) is 29.9 Å². The molecule has 1 aromatic heterocycles. The number of nitrogens with zero attached hydrogens (tertiary/aromatic N) is 2. The number of hydrogen-bond donors (Lipinski definition) is 3. The van der Waals surface area contributed by atoms with Crippen LogP contribution in [0.4, 0.5) is 13.2 Å². The molecule has 206 valence electrons. The summed E-state index contributed by atoms with van der Waals surface area (Å²) in [5.74, 6) is -1.43. The highest BCUT2D eigenvalue weighted by Crippen LogP contribution is 2.50. The first-order chi connectivity index (χ1) is 17.6. The van der Waals surface area contributed by atoms with Crippen molar-refractivity contribution in [3.05, 3.63) is 72.3 Å². The van der Waals surface area contributed by atoms with Gasteiger partial charge >= 0.3 is 6.18 Å². The molecule has 2 unspecified atom stereocenters. The Bertz CT molecular complexity index is 1010. The van der Waals surface area contributed by atoms with Crippen LogP contribution in [0.2, 0.25) is 0 Å². The van der Waals surface area contributed by atoms with Crippen molar-refractivity contribution in [2.75, 3.05) is 25.9 Å². The van der Waals surface area contributed by atoms with Gasteiger partial charge in [0.05, 0.1) is 11.9 Å². The lowest BCUT2D eigenvalue weighted by Gasteiger charge is -2.38. The standard InChI is InChI=1S/C21H29F3N4O2S.C6H10/c1-3-4-7-17(25-2)19(29)12-28(31(30)14-21(22,23)24)13-20-8-5-6-16(20)9-18-15(10-20)11-26-27-18;1-3-5-6-4-2/h3-4,7,9,11,19,25,29H,5-6,8,10,12-14H2,1-2H3,(H,26,27);3-4H,1-2,5-6H2/b4-3-,17-7-;/t19?,20-,31?;/m0./s1. The summed E-state index contributed by atoms with van der Waals surface area (Å²) in [4.78, 5) is 0. The first kappa shape index (κ1) is 30.8. The predicted octanol–water partition coefficient (Wildman–Crippen LogP) is 5.23. The topological polar surface area (TPSA) is 81.2 Å². The summed E-state index contributed by atoms with van der Waals surface area (Å²) >= 11 is 0. The zero-order valence-electron chi connectivity index (χ0n) is 21.7. The lowest BCUT2D eigenvalue weighted by molar-refractivity contribution is -0.106. The van der Waals surface area contributed by atoms with E-state index in [-0.39, 0.29) is 13.1 Å². The molecule has 0 radical (unpaired) electrons. The fourth-order valence-corrected chi connectivity index (χ4v) is 5.87. The molecule has 1 fully saturated rings. The number of unbranched alkanes of at least 4 members (excludes halogenated alkanes) is 1. The van der Waals surface area contributed by atoms with Gasteiger partial charge in [0.2, 0.25) is 0 Å². The lowest BCUT2D eigenvalue weighted by Crippen LogP contribution is -2.46. The normalized spacial score (nSPS) is 20.9. The number of nitrogens with one attached hydrogen (secondary N) is 2. The number of aromatic amines is 1. The van der Waals surface area contributed by atoms with Crippen LogP contribution in [-0.2, 0) is 17.4 Å². The highest BCUT2D eigenvalue weighted by molar-refractivity contribution is 7.82. The second kappa shape index (κ2) is 14.5. The summed E-state index contributed by atoms with van der Waals surface area (Å²) in [5, 5.41) is 20.6. The van der Waals surface area contributed by atoms with Crippen LogP contribution in [0.3, 0.4) is 0 Å². The maximum absolute atomic E-state index is 13.1. The average molecular weight is 541 g/mol. The van der Waals surface area contributed by atoms with Crippen LogP contribution in [0.5, 0.6) is 0 Å². The smallest absolute Gasteiger partial charge is 0.389 e. The molecular formula is C27H39F3N4O2S. The zero-order valence-corrected chi connectivity index (χ0v) is 22.5. The predicted molar refractivity (Wildman–Crippen MR) is 145 cm³/mol. The Morgan fingerprint density at radius 3 is 2.68 bits per heavy atom. The number of likely N-dealkylation sites (N-methyl/N-ethyl adjacent to an activating group) is 1. The van der Waals surface area contributed by atoms with E-state index in [1.165, 1.54) is 4.31 Å². The maximum atomic E-state index is 13.1. The van der Waals surface area contributed by atoms with Gasteiger partial charge in [-0.15, -0.1) is 13.2 Å². The first-order valence-corrected chi connectivity index (χ1v) is 13.7. The summed E-state index contributed by atoms with van der Waals surface area (Å²) in [7, 11) is -0.679. The van der Waals surface area contributed by atoms with E-state index in [1.807, 2.05) is 25.2 Å². The van der Waals surface area contributed by atoms with Gasteiger partial charge < -0.3 is 10.4 Å². The first-order valence-electron chi connectivity index (χ1n) is 12.4. The fourth-order valence-electron chi connectivity index (χ4n) is 4.71. The number of allylic oxidation sites excluding steroid dienone is 5. The minimum absolute atomic E-state index is 0.166. The molecule has 6 nitrogen and oxygen atoms in total. The van der Waals surface area contributed by atoms with Crippen LogP contribution in [0, 0.1) is 5.41 Å². The molecule has 3 atom stereocenters. The number of aliphatic hydroxyl groups is 1. The fraction of sp³-hybridized carbons (Fsp3) is 0.519. The Morgan fingerprint density at radius 2 is 2.08 bits per heavy atom. The van der Waals surface area contributed by atoms with Crippen molar-refractivity contribution < 1.29 is 22.5 Å². The Labute approximate surface area is 220 Å². The molecular weight excluding hydrogens is 501 g/mol. The molecule has 0 amide bonds. The van der Waals surface area contributed by atoms with Crippen LogP contribution in [-0.4, -0.2) is 62.0 Å². The highest BCUT2D eigenvalue weighted by atomic mass is 32.2. The van der Waals surface area contributed by atoms with Gasteiger partial charge in [-0.2, -0.15) is 18.3 Å². The van der Waals surface area contributed by atoms with Gasteiger partial charge in [0.1, 0.15) is 22.8 Å². The molecule has 10 heteroatoms. The molecule has 1 heterocycles. The summed E-state index contributed by atoms with van der Waals surface area (Å²) in [5.41, 5.74) is 3.14. The van der Waals surface area contributed by atoms with Crippen LogP contribution in [0.25, 0.3) is 6.08 Å². The third-order valence-corrected chi connectivity index (χ3v) is 7.93. The van der Waals surface area contributed by atoms with Gasteiger partial charge in [-0.25, -0.2) is 8.51 Å². The van der Waals surface area contributed by atoms with Crippen molar-refractivity contribution in [1.29, 1.82) is 0 Å². The van der Waals surface area contributed by atoms with E-state index < -0.39 is 34.4 Å². The van der Waals surface area contributed by atoms with Crippen molar-refractivity contribution in [1.82, 2.24) is 19.8 Å². The number of aromatic nitrogens is 2. The molecule has 0 spiro atoms. The lowest BCUT2D eigenvalue weighted by atomic mass is 9.73. The van der Waals surface area contributed by atoms with Gasteiger partial charge in [-0.3, -0.25) is 5.10 Å². The minimum Gasteiger partial charge on any atom is -0.389 e. The van der Waals surface area contributed by atoms with E-state index in [1.54, 1.807) is 31.5 Å². The molecule has 3 rings (SSSR count). The number of rotatable bonds is 12. The highest BCUT2D eigenvalue weighted by Gasteiger charge is 2.45. The number of H-pyrrole nitrogens is 1. The molecule has 0 aromatic carbocycles. The molecule has 0 aliphatic heterocycles. The van der Waals surface area contributed by atoms with E-state index in [0.717, 1.165) is 48.9 Å². The number of fused-ring (bicyclic) bond motifs is 2. The third kappa shape index (κ3) is 9.12. The Kier molecular flexibility index (Phi) is 12.1. The Morgan fingerprint density at radius 1 is 1.38 bits per heavy atom. The van der Waals surface area contributed by atoms with Gasteiger partial charge in [0.15, 0.2) is 0 Å². The minimum atomic E-state index is -4.56. The van der Waals surface area contributed by atoms with Crippen LogP contribution >= 0.6 is 0 Å².